The maximum atomic E-state index is 11.9. The molecule has 0 unspecified atom stereocenters. The van der Waals surface area contributed by atoms with Gasteiger partial charge in [-0.2, -0.15) is 4.98 Å². The van der Waals surface area contributed by atoms with Gasteiger partial charge in [0.2, 0.25) is 11.1 Å². The average molecular weight is 268 g/mol. The van der Waals surface area contributed by atoms with Gasteiger partial charge in [-0.1, -0.05) is 11.8 Å². The number of anilines is 1. The molecule has 17 heavy (non-hydrogen) atoms. The van der Waals surface area contributed by atoms with Crippen molar-refractivity contribution in [1.29, 1.82) is 0 Å². The third-order valence-electron chi connectivity index (χ3n) is 2.16. The number of nitrogen functional groups attached to an aromatic ring is 1. The highest BCUT2D eigenvalue weighted by Crippen LogP contribution is 2.23. The lowest BCUT2D eigenvalue weighted by Crippen LogP contribution is -2.02. The van der Waals surface area contributed by atoms with Crippen LogP contribution in [0.2, 0.25) is 0 Å². The van der Waals surface area contributed by atoms with Gasteiger partial charge in [-0.15, -0.1) is 16.4 Å². The van der Waals surface area contributed by atoms with E-state index in [0.29, 0.717) is 10.9 Å². The van der Waals surface area contributed by atoms with Crippen LogP contribution in [0.25, 0.3) is 0 Å². The van der Waals surface area contributed by atoms with Crippen LogP contribution in [0.1, 0.15) is 20.1 Å². The molecule has 2 aromatic rings. The molecule has 90 valence electrons. The highest BCUT2D eigenvalue weighted by Gasteiger charge is 2.13. The number of Topliss-reactive ketones (excluding diaryl/α,β-unsaturated/α-hetero) is 1. The number of hydrogen-bond donors (Lipinski definition) is 2. The van der Waals surface area contributed by atoms with Gasteiger partial charge in [0.05, 0.1) is 5.75 Å². The van der Waals surface area contributed by atoms with E-state index in [2.05, 4.69) is 15.2 Å². The molecular formula is C10H12N4OS2. The first-order chi connectivity index (χ1) is 8.06. The Morgan fingerprint density at radius 3 is 2.88 bits per heavy atom. The van der Waals surface area contributed by atoms with Crippen molar-refractivity contribution in [1.82, 2.24) is 15.2 Å². The zero-order valence-corrected chi connectivity index (χ0v) is 11.1. The molecule has 0 spiro atoms. The van der Waals surface area contributed by atoms with Gasteiger partial charge in [0.15, 0.2) is 5.78 Å². The molecule has 0 amide bonds. The molecule has 0 aliphatic rings. The maximum absolute atomic E-state index is 11.9. The fourth-order valence-corrected chi connectivity index (χ4v) is 3.07. The third kappa shape index (κ3) is 2.86. The van der Waals surface area contributed by atoms with Crippen LogP contribution in [0.4, 0.5) is 5.95 Å². The zero-order chi connectivity index (χ0) is 12.4. The normalized spacial score (nSPS) is 10.7. The van der Waals surface area contributed by atoms with Crippen molar-refractivity contribution in [3.05, 3.63) is 21.4 Å². The van der Waals surface area contributed by atoms with Gasteiger partial charge in [0.25, 0.3) is 0 Å². The van der Waals surface area contributed by atoms with E-state index in [1.807, 2.05) is 19.9 Å². The lowest BCUT2D eigenvalue weighted by atomic mass is 10.2. The molecule has 5 nitrogen and oxygen atoms in total. The monoisotopic (exact) mass is 268 g/mol. The summed E-state index contributed by atoms with van der Waals surface area (Å²) in [6.45, 7) is 3.96. The van der Waals surface area contributed by atoms with Gasteiger partial charge in [0.1, 0.15) is 0 Å². The van der Waals surface area contributed by atoms with Crippen molar-refractivity contribution in [3.8, 4) is 0 Å². The van der Waals surface area contributed by atoms with Crippen LogP contribution in [0.15, 0.2) is 11.2 Å². The lowest BCUT2D eigenvalue weighted by Gasteiger charge is -1.97. The number of rotatable bonds is 4. The molecular weight excluding hydrogens is 256 g/mol. The van der Waals surface area contributed by atoms with Gasteiger partial charge in [-0.3, -0.25) is 4.79 Å². The molecule has 2 aromatic heterocycles. The smallest absolute Gasteiger partial charge is 0.216 e. The predicted octanol–water partition coefficient (Wildman–Crippen LogP) is 2.04. The molecule has 0 saturated carbocycles. The second-order valence-corrected chi connectivity index (χ2v) is 5.94. The van der Waals surface area contributed by atoms with Gasteiger partial charge in [0, 0.05) is 15.3 Å². The van der Waals surface area contributed by atoms with E-state index in [1.54, 1.807) is 11.3 Å². The van der Waals surface area contributed by atoms with E-state index in [0.717, 1.165) is 15.3 Å². The van der Waals surface area contributed by atoms with Crippen molar-refractivity contribution >= 4 is 34.8 Å². The number of nitrogens with two attached hydrogens (primary N) is 1. The first kappa shape index (κ1) is 12.1. The van der Waals surface area contributed by atoms with E-state index in [4.69, 9.17) is 5.73 Å². The number of nitrogens with one attached hydrogen (secondary N) is 1. The van der Waals surface area contributed by atoms with Crippen molar-refractivity contribution < 1.29 is 4.79 Å². The molecule has 7 heteroatoms. The third-order valence-corrected chi connectivity index (χ3v) is 3.97. The molecule has 2 rings (SSSR count). The summed E-state index contributed by atoms with van der Waals surface area (Å²) in [7, 11) is 0. The Labute approximate surface area is 107 Å². The van der Waals surface area contributed by atoms with Crippen LogP contribution in [-0.4, -0.2) is 26.7 Å². The quantitative estimate of drug-likeness (QED) is 0.654. The van der Waals surface area contributed by atoms with E-state index >= 15 is 0 Å². The number of thioether (sulfide) groups is 1. The van der Waals surface area contributed by atoms with Crippen LogP contribution in [0.3, 0.4) is 0 Å². The summed E-state index contributed by atoms with van der Waals surface area (Å²) in [6, 6.07) is 1.93. The highest BCUT2D eigenvalue weighted by atomic mass is 32.2. The van der Waals surface area contributed by atoms with Gasteiger partial charge in [-0.25, -0.2) is 5.10 Å². The molecule has 0 aliphatic carbocycles. The van der Waals surface area contributed by atoms with Gasteiger partial charge in [-0.05, 0) is 19.9 Å². The first-order valence-corrected chi connectivity index (χ1v) is 6.77. The molecule has 0 saturated heterocycles. The van der Waals surface area contributed by atoms with Crippen molar-refractivity contribution in [2.75, 3.05) is 11.5 Å². The minimum absolute atomic E-state index is 0.0974. The fraction of sp³-hybridized carbons (Fsp3) is 0.300. The summed E-state index contributed by atoms with van der Waals surface area (Å²) in [4.78, 5) is 18.1. The highest BCUT2D eigenvalue weighted by molar-refractivity contribution is 7.99. The Bertz CT molecular complexity index is 546. The second kappa shape index (κ2) is 4.89. The first-order valence-electron chi connectivity index (χ1n) is 4.97. The number of nitrogens with zero attached hydrogens (tertiary/aromatic N) is 2. The number of H-pyrrole nitrogens is 1. The Morgan fingerprint density at radius 2 is 2.35 bits per heavy atom. The average Bonchev–Trinajstić information content (AvgIpc) is 2.81. The number of thiophene rings is 1. The topological polar surface area (TPSA) is 84.7 Å². The van der Waals surface area contributed by atoms with Crippen molar-refractivity contribution in [3.63, 3.8) is 0 Å². The van der Waals surface area contributed by atoms with Crippen LogP contribution < -0.4 is 5.73 Å². The molecule has 3 N–H and O–H groups in total. The molecule has 0 fully saturated rings. The second-order valence-electron chi connectivity index (χ2n) is 3.54. The number of hydrogen-bond acceptors (Lipinski definition) is 6. The van der Waals surface area contributed by atoms with Crippen LogP contribution in [0, 0.1) is 13.8 Å². The van der Waals surface area contributed by atoms with Crippen molar-refractivity contribution in [2.24, 2.45) is 0 Å². The Kier molecular flexibility index (Phi) is 3.49. The minimum atomic E-state index is 0.0974. The summed E-state index contributed by atoms with van der Waals surface area (Å²) < 4.78 is 0. The number of carbonyl (C=O) groups excluding carboxylic acids is 1. The standard InChI is InChI=1S/C10H12N4OS2/c1-5-3-7(6(2)17-5)8(15)4-16-10-12-9(11)13-14-10/h3H,4H2,1-2H3,(H3,11,12,13,14). The summed E-state index contributed by atoms with van der Waals surface area (Å²) in [5, 5.41) is 6.90. The summed E-state index contributed by atoms with van der Waals surface area (Å²) >= 11 is 2.92. The van der Waals surface area contributed by atoms with E-state index in [1.165, 1.54) is 11.8 Å². The SMILES string of the molecule is Cc1cc(C(=O)CSc2n[nH]c(N)n2)c(C)s1. The fourth-order valence-electron chi connectivity index (χ4n) is 1.44. The van der Waals surface area contributed by atoms with Crippen molar-refractivity contribution in [2.45, 2.75) is 19.0 Å². The van der Waals surface area contributed by atoms with E-state index in [9.17, 15) is 4.79 Å². The van der Waals surface area contributed by atoms with E-state index in [-0.39, 0.29) is 11.7 Å². The molecule has 0 atom stereocenters. The number of aryl methyl sites for hydroxylation is 2. The van der Waals surface area contributed by atoms with Crippen LogP contribution in [-0.2, 0) is 0 Å². The van der Waals surface area contributed by atoms with Gasteiger partial charge >= 0.3 is 0 Å². The molecule has 0 aliphatic heterocycles. The number of carbonyl (C=O) groups is 1. The largest absolute Gasteiger partial charge is 0.368 e. The lowest BCUT2D eigenvalue weighted by molar-refractivity contribution is 0.102. The predicted molar refractivity (Wildman–Crippen MR) is 69.6 cm³/mol. The molecule has 0 aromatic carbocycles. The zero-order valence-electron chi connectivity index (χ0n) is 9.48. The summed E-state index contributed by atoms with van der Waals surface area (Å²) in [6.07, 6.45) is 0. The number of aromatic amines is 1. The molecule has 0 bridgehead atoms. The summed E-state index contributed by atoms with van der Waals surface area (Å²) in [5.74, 6) is 0.691. The number of aromatic nitrogens is 3. The Hall–Kier alpha value is -1.34. The van der Waals surface area contributed by atoms with Gasteiger partial charge < -0.3 is 5.73 Å². The molecule has 2 heterocycles. The van der Waals surface area contributed by atoms with Crippen LogP contribution >= 0.6 is 23.1 Å². The summed E-state index contributed by atoms with van der Waals surface area (Å²) in [5.41, 5.74) is 6.19. The number of ketones is 1. The maximum Gasteiger partial charge on any atom is 0.216 e. The minimum Gasteiger partial charge on any atom is -0.368 e. The van der Waals surface area contributed by atoms with E-state index < -0.39 is 0 Å². The Balaban J connectivity index is 2.00. The molecule has 0 radical (unpaired) electrons. The Morgan fingerprint density at radius 1 is 1.59 bits per heavy atom. The van der Waals surface area contributed by atoms with Crippen LogP contribution in [0.5, 0.6) is 0 Å².